The Balaban J connectivity index is 2.07. The molecule has 0 aliphatic carbocycles. The van der Waals surface area contributed by atoms with Crippen LogP contribution >= 0.6 is 0 Å². The van der Waals surface area contributed by atoms with Gasteiger partial charge in [-0.15, -0.1) is 0 Å². The van der Waals surface area contributed by atoms with Gasteiger partial charge in [-0.2, -0.15) is 0 Å². The van der Waals surface area contributed by atoms with Gasteiger partial charge in [-0.25, -0.2) is 0 Å². The van der Waals surface area contributed by atoms with E-state index >= 15 is 0 Å². The van der Waals surface area contributed by atoms with E-state index < -0.39 is 0 Å². The summed E-state index contributed by atoms with van der Waals surface area (Å²) in [5.74, 6) is 0. The van der Waals surface area contributed by atoms with Crippen molar-refractivity contribution in [1.29, 1.82) is 0 Å². The maximum Gasteiger partial charge on any atom is 0.0822 e. The molecule has 19 heavy (non-hydrogen) atoms. The smallest absolute Gasteiger partial charge is 0.0822 e. The SMILES string of the molecule is CCOC(C)c1[c]cccc1NCc1ccccc1. The average Bonchev–Trinajstić information content (AvgIpc) is 2.47. The molecule has 1 N–H and O–H groups in total. The molecule has 0 fully saturated rings. The molecule has 0 bridgehead atoms. The topological polar surface area (TPSA) is 21.3 Å². The standard InChI is InChI=1S/C17H20NO/c1-3-19-14(2)16-11-7-8-12-17(16)18-13-15-9-5-4-6-10-15/h4-10,12,14,18H,3,13H2,1-2H3. The monoisotopic (exact) mass is 254 g/mol. The molecule has 1 unspecified atom stereocenters. The first-order chi connectivity index (χ1) is 9.31. The molecule has 2 nitrogen and oxygen atoms in total. The molecule has 0 saturated carbocycles. The highest BCUT2D eigenvalue weighted by molar-refractivity contribution is 5.51. The van der Waals surface area contributed by atoms with Crippen molar-refractivity contribution in [2.45, 2.75) is 26.5 Å². The zero-order valence-corrected chi connectivity index (χ0v) is 11.5. The van der Waals surface area contributed by atoms with Crippen LogP contribution in [0, 0.1) is 6.07 Å². The minimum Gasteiger partial charge on any atom is -0.381 e. The predicted octanol–water partition coefficient (Wildman–Crippen LogP) is 4.20. The van der Waals surface area contributed by atoms with Crippen molar-refractivity contribution in [3.05, 3.63) is 65.7 Å². The number of ether oxygens (including phenoxy) is 1. The molecule has 0 aliphatic heterocycles. The van der Waals surface area contributed by atoms with Gasteiger partial charge in [0, 0.05) is 24.4 Å². The van der Waals surface area contributed by atoms with Crippen LogP contribution in [0.1, 0.15) is 31.1 Å². The van der Waals surface area contributed by atoms with Gasteiger partial charge < -0.3 is 10.1 Å². The fourth-order valence-electron chi connectivity index (χ4n) is 2.07. The molecule has 1 atom stereocenters. The molecule has 2 rings (SSSR count). The second-order valence-electron chi connectivity index (χ2n) is 4.43. The number of hydrogen-bond acceptors (Lipinski definition) is 2. The van der Waals surface area contributed by atoms with Crippen molar-refractivity contribution in [3.8, 4) is 0 Å². The van der Waals surface area contributed by atoms with Gasteiger partial charge in [0.25, 0.3) is 0 Å². The fraction of sp³-hybridized carbons (Fsp3) is 0.294. The zero-order valence-electron chi connectivity index (χ0n) is 11.5. The molecule has 1 radical (unpaired) electrons. The lowest BCUT2D eigenvalue weighted by molar-refractivity contribution is 0.0767. The molecule has 0 saturated heterocycles. The highest BCUT2D eigenvalue weighted by atomic mass is 16.5. The van der Waals surface area contributed by atoms with Gasteiger partial charge in [0.1, 0.15) is 0 Å². The Hall–Kier alpha value is -1.80. The summed E-state index contributed by atoms with van der Waals surface area (Å²) in [7, 11) is 0. The van der Waals surface area contributed by atoms with Crippen LogP contribution in [0.4, 0.5) is 5.69 Å². The summed E-state index contributed by atoms with van der Waals surface area (Å²) in [6.45, 7) is 5.59. The maximum atomic E-state index is 5.65. The number of anilines is 1. The van der Waals surface area contributed by atoms with Crippen LogP contribution in [0.15, 0.2) is 48.5 Å². The summed E-state index contributed by atoms with van der Waals surface area (Å²) in [6.07, 6.45) is 0.0597. The lowest BCUT2D eigenvalue weighted by Crippen LogP contribution is -2.06. The number of hydrogen-bond donors (Lipinski definition) is 1. The highest BCUT2D eigenvalue weighted by Crippen LogP contribution is 2.25. The average molecular weight is 254 g/mol. The van der Waals surface area contributed by atoms with Crippen molar-refractivity contribution >= 4 is 5.69 Å². The van der Waals surface area contributed by atoms with E-state index in [1.54, 1.807) is 0 Å². The Kier molecular flexibility index (Phi) is 4.99. The van der Waals surface area contributed by atoms with Crippen LogP contribution in [-0.4, -0.2) is 6.61 Å². The highest BCUT2D eigenvalue weighted by Gasteiger charge is 2.09. The number of nitrogens with one attached hydrogen (secondary N) is 1. The van der Waals surface area contributed by atoms with E-state index in [1.807, 2.05) is 25.1 Å². The molecule has 2 aromatic carbocycles. The van der Waals surface area contributed by atoms with Gasteiger partial charge in [0.15, 0.2) is 0 Å². The van der Waals surface area contributed by atoms with Crippen LogP contribution in [0.3, 0.4) is 0 Å². The second kappa shape index (κ2) is 6.95. The summed E-state index contributed by atoms with van der Waals surface area (Å²) in [4.78, 5) is 0. The Morgan fingerprint density at radius 3 is 2.68 bits per heavy atom. The lowest BCUT2D eigenvalue weighted by atomic mass is 10.1. The third-order valence-corrected chi connectivity index (χ3v) is 3.04. The molecule has 0 spiro atoms. The van der Waals surface area contributed by atoms with Crippen LogP contribution in [0.25, 0.3) is 0 Å². The van der Waals surface area contributed by atoms with E-state index in [0.29, 0.717) is 6.61 Å². The first-order valence-electron chi connectivity index (χ1n) is 6.71. The van der Waals surface area contributed by atoms with E-state index in [-0.39, 0.29) is 6.10 Å². The van der Waals surface area contributed by atoms with E-state index in [1.165, 1.54) is 5.56 Å². The normalized spacial score (nSPS) is 12.1. The van der Waals surface area contributed by atoms with Gasteiger partial charge in [-0.05, 0) is 31.5 Å². The van der Waals surface area contributed by atoms with Gasteiger partial charge in [0.2, 0.25) is 0 Å². The van der Waals surface area contributed by atoms with Gasteiger partial charge in [0.05, 0.1) is 6.10 Å². The van der Waals surface area contributed by atoms with Crippen molar-refractivity contribution in [1.82, 2.24) is 0 Å². The molecule has 0 aliphatic rings. The molecular formula is C17H20NO. The van der Waals surface area contributed by atoms with Crippen LogP contribution in [0.2, 0.25) is 0 Å². The van der Waals surface area contributed by atoms with E-state index in [2.05, 4.69) is 48.6 Å². The first-order valence-corrected chi connectivity index (χ1v) is 6.71. The van der Waals surface area contributed by atoms with Crippen molar-refractivity contribution in [2.75, 3.05) is 11.9 Å². The first kappa shape index (κ1) is 13.6. The predicted molar refractivity (Wildman–Crippen MR) is 79.1 cm³/mol. The fourth-order valence-corrected chi connectivity index (χ4v) is 2.07. The quantitative estimate of drug-likeness (QED) is 0.834. The number of benzene rings is 2. The van der Waals surface area contributed by atoms with E-state index in [4.69, 9.17) is 4.74 Å². The maximum absolute atomic E-state index is 5.65. The minimum absolute atomic E-state index is 0.0597. The van der Waals surface area contributed by atoms with E-state index in [9.17, 15) is 0 Å². The van der Waals surface area contributed by atoms with Gasteiger partial charge in [-0.1, -0.05) is 42.5 Å². The lowest BCUT2D eigenvalue weighted by Gasteiger charge is -2.17. The molecular weight excluding hydrogens is 234 g/mol. The van der Waals surface area contributed by atoms with Crippen molar-refractivity contribution < 1.29 is 4.74 Å². The van der Waals surface area contributed by atoms with Crippen LogP contribution in [-0.2, 0) is 11.3 Å². The molecule has 0 amide bonds. The van der Waals surface area contributed by atoms with E-state index in [0.717, 1.165) is 17.8 Å². The molecule has 0 aromatic heterocycles. The summed E-state index contributed by atoms with van der Waals surface area (Å²) >= 11 is 0. The Morgan fingerprint density at radius 2 is 1.95 bits per heavy atom. The van der Waals surface area contributed by atoms with Crippen LogP contribution < -0.4 is 5.32 Å². The van der Waals surface area contributed by atoms with Crippen molar-refractivity contribution in [3.63, 3.8) is 0 Å². The summed E-state index contributed by atoms with van der Waals surface area (Å²) in [5, 5.41) is 3.46. The molecule has 0 heterocycles. The second-order valence-corrected chi connectivity index (χ2v) is 4.43. The largest absolute Gasteiger partial charge is 0.381 e. The third-order valence-electron chi connectivity index (χ3n) is 3.04. The Bertz CT molecular complexity index is 496. The Labute approximate surface area is 115 Å². The van der Waals surface area contributed by atoms with Crippen molar-refractivity contribution in [2.24, 2.45) is 0 Å². The summed E-state index contributed by atoms with van der Waals surface area (Å²) < 4.78 is 5.65. The molecule has 2 aromatic rings. The number of rotatable bonds is 6. The van der Waals surface area contributed by atoms with Crippen LogP contribution in [0.5, 0.6) is 0 Å². The summed E-state index contributed by atoms with van der Waals surface area (Å²) in [5.41, 5.74) is 3.44. The van der Waals surface area contributed by atoms with Gasteiger partial charge in [-0.3, -0.25) is 0 Å². The molecule has 2 heteroatoms. The third kappa shape index (κ3) is 3.83. The van der Waals surface area contributed by atoms with Gasteiger partial charge >= 0.3 is 0 Å². The minimum atomic E-state index is 0.0597. The molecule has 99 valence electrons. The summed E-state index contributed by atoms with van der Waals surface area (Å²) in [6, 6.07) is 19.6. The zero-order chi connectivity index (χ0) is 13.5. The Morgan fingerprint density at radius 1 is 1.16 bits per heavy atom.